The van der Waals surface area contributed by atoms with Crippen molar-refractivity contribution in [1.82, 2.24) is 0 Å². The van der Waals surface area contributed by atoms with Gasteiger partial charge in [-0.15, -0.1) is 0 Å². The average Bonchev–Trinajstić information content (AvgIpc) is 2.64. The first-order valence-electron chi connectivity index (χ1n) is 5.04. The van der Waals surface area contributed by atoms with Gasteiger partial charge in [0.1, 0.15) is 5.82 Å². The topological polar surface area (TPSA) is 63.4 Å². The number of nitrogens with zero attached hydrogens (tertiary/aromatic N) is 1. The smallest absolute Gasteiger partial charge is 0.227 e. The normalized spacial score (nSPS) is 19.8. The Hall–Kier alpha value is -1.62. The molecule has 0 spiro atoms. The average molecular weight is 257 g/mol. The Morgan fingerprint density at radius 1 is 1.53 bits per heavy atom. The molecule has 1 unspecified atom stereocenters. The molecule has 6 heteroatoms. The molecule has 0 saturated carbocycles. The highest BCUT2D eigenvalue weighted by Gasteiger charge is 2.35. The minimum atomic E-state index is -0.569. The summed E-state index contributed by atoms with van der Waals surface area (Å²) < 4.78 is 13.6. The number of benzene rings is 1. The third kappa shape index (κ3) is 2.24. The Morgan fingerprint density at radius 2 is 2.24 bits per heavy atom. The number of primary amides is 1. The van der Waals surface area contributed by atoms with Crippen molar-refractivity contribution in [3.8, 4) is 0 Å². The summed E-state index contributed by atoms with van der Waals surface area (Å²) in [6.45, 7) is 0.103. The van der Waals surface area contributed by atoms with Crippen LogP contribution in [0.5, 0.6) is 0 Å². The van der Waals surface area contributed by atoms with E-state index in [0.717, 1.165) is 0 Å². The first-order chi connectivity index (χ1) is 7.99. The lowest BCUT2D eigenvalue weighted by Gasteiger charge is -2.17. The number of anilines is 1. The molecular formula is C11H10ClFN2O2. The quantitative estimate of drug-likeness (QED) is 0.867. The lowest BCUT2D eigenvalue weighted by Crippen LogP contribution is -2.28. The molecule has 90 valence electrons. The molecule has 0 radical (unpaired) electrons. The van der Waals surface area contributed by atoms with Gasteiger partial charge in [0.15, 0.2) is 0 Å². The van der Waals surface area contributed by atoms with Gasteiger partial charge < -0.3 is 10.6 Å². The summed E-state index contributed by atoms with van der Waals surface area (Å²) in [5, 5.41) is 0.330. The molecule has 1 saturated heterocycles. The molecule has 1 aromatic carbocycles. The van der Waals surface area contributed by atoms with Crippen LogP contribution in [0.1, 0.15) is 6.42 Å². The molecule has 1 atom stereocenters. The zero-order chi connectivity index (χ0) is 12.6. The summed E-state index contributed by atoms with van der Waals surface area (Å²) in [6.07, 6.45) is 0.0152. The first-order valence-corrected chi connectivity index (χ1v) is 5.41. The summed E-state index contributed by atoms with van der Waals surface area (Å²) in [5.74, 6) is -1.99. The van der Waals surface area contributed by atoms with E-state index in [2.05, 4.69) is 0 Å². The number of hydrogen-bond acceptors (Lipinski definition) is 2. The van der Waals surface area contributed by atoms with E-state index in [1.807, 2.05) is 0 Å². The zero-order valence-corrected chi connectivity index (χ0v) is 9.58. The van der Waals surface area contributed by atoms with Gasteiger partial charge >= 0.3 is 0 Å². The lowest BCUT2D eigenvalue weighted by molar-refractivity contribution is -0.123. The summed E-state index contributed by atoms with van der Waals surface area (Å²) in [7, 11) is 0. The van der Waals surface area contributed by atoms with Crippen LogP contribution in [-0.2, 0) is 9.59 Å². The number of hydrogen-bond donors (Lipinski definition) is 1. The molecule has 2 amide bonds. The molecule has 1 aliphatic heterocycles. The summed E-state index contributed by atoms with van der Waals surface area (Å²) >= 11 is 5.75. The number of halogens is 2. The third-order valence-electron chi connectivity index (χ3n) is 2.73. The second kappa shape index (κ2) is 4.33. The van der Waals surface area contributed by atoms with Gasteiger partial charge in [0.2, 0.25) is 11.8 Å². The van der Waals surface area contributed by atoms with Gasteiger partial charge in [-0.25, -0.2) is 4.39 Å². The number of nitrogens with two attached hydrogens (primary N) is 1. The molecule has 2 N–H and O–H groups in total. The number of rotatable bonds is 2. The van der Waals surface area contributed by atoms with Gasteiger partial charge in [0.25, 0.3) is 0 Å². The molecule has 17 heavy (non-hydrogen) atoms. The van der Waals surface area contributed by atoms with Crippen LogP contribution in [0.25, 0.3) is 0 Å². The van der Waals surface area contributed by atoms with E-state index >= 15 is 0 Å². The predicted octanol–water partition coefficient (Wildman–Crippen LogP) is 1.32. The van der Waals surface area contributed by atoms with E-state index in [0.29, 0.717) is 5.02 Å². The fourth-order valence-corrected chi connectivity index (χ4v) is 1.99. The SMILES string of the molecule is NC(=O)C1CC(=O)N(c2cc(Cl)ccc2F)C1. The molecule has 1 aliphatic rings. The van der Waals surface area contributed by atoms with Gasteiger partial charge in [-0.3, -0.25) is 9.59 Å². The molecule has 1 fully saturated rings. The van der Waals surface area contributed by atoms with Crippen molar-refractivity contribution in [2.75, 3.05) is 11.4 Å². The van der Waals surface area contributed by atoms with Crippen molar-refractivity contribution in [2.45, 2.75) is 6.42 Å². The van der Waals surface area contributed by atoms with Crippen molar-refractivity contribution in [1.29, 1.82) is 0 Å². The number of carbonyl (C=O) groups excluding carboxylic acids is 2. The second-order valence-electron chi connectivity index (χ2n) is 3.90. The molecule has 0 bridgehead atoms. The molecule has 0 aliphatic carbocycles. The van der Waals surface area contributed by atoms with E-state index in [1.54, 1.807) is 0 Å². The van der Waals surface area contributed by atoms with Crippen LogP contribution in [-0.4, -0.2) is 18.4 Å². The minimum absolute atomic E-state index is 0.0152. The number of carbonyl (C=O) groups is 2. The maximum atomic E-state index is 13.6. The molecule has 2 rings (SSSR count). The van der Waals surface area contributed by atoms with Crippen molar-refractivity contribution in [2.24, 2.45) is 11.7 Å². The Balaban J connectivity index is 2.32. The first kappa shape index (κ1) is 11.9. The van der Waals surface area contributed by atoms with E-state index in [4.69, 9.17) is 17.3 Å². The van der Waals surface area contributed by atoms with Gasteiger partial charge in [0.05, 0.1) is 11.6 Å². The van der Waals surface area contributed by atoms with Crippen molar-refractivity contribution in [3.05, 3.63) is 29.0 Å². The van der Waals surface area contributed by atoms with Crippen molar-refractivity contribution in [3.63, 3.8) is 0 Å². The third-order valence-corrected chi connectivity index (χ3v) is 2.96. The van der Waals surface area contributed by atoms with Crippen LogP contribution in [0.15, 0.2) is 18.2 Å². The molecular weight excluding hydrogens is 247 g/mol. The Labute approximate surface area is 102 Å². The fourth-order valence-electron chi connectivity index (χ4n) is 1.82. The van der Waals surface area contributed by atoms with Crippen molar-refractivity contribution < 1.29 is 14.0 Å². The molecule has 4 nitrogen and oxygen atoms in total. The van der Waals surface area contributed by atoms with Gasteiger partial charge in [-0.05, 0) is 18.2 Å². The van der Waals surface area contributed by atoms with Crippen LogP contribution >= 0.6 is 11.6 Å². The van der Waals surface area contributed by atoms with E-state index in [9.17, 15) is 14.0 Å². The fraction of sp³-hybridized carbons (Fsp3) is 0.273. The maximum absolute atomic E-state index is 13.6. The van der Waals surface area contributed by atoms with Crippen LogP contribution in [0.2, 0.25) is 5.02 Å². The highest BCUT2D eigenvalue weighted by atomic mass is 35.5. The Kier molecular flexibility index (Phi) is 3.02. The molecule has 1 heterocycles. The minimum Gasteiger partial charge on any atom is -0.369 e. The van der Waals surface area contributed by atoms with Crippen LogP contribution in [0.3, 0.4) is 0 Å². The van der Waals surface area contributed by atoms with Gasteiger partial charge in [-0.1, -0.05) is 11.6 Å². The largest absolute Gasteiger partial charge is 0.369 e. The van der Waals surface area contributed by atoms with Crippen molar-refractivity contribution >= 4 is 29.1 Å². The standard InChI is InChI=1S/C11H10ClFN2O2/c12-7-1-2-8(13)9(4-7)15-5-6(11(14)17)3-10(15)16/h1-2,4,6H,3,5H2,(H2,14,17). The van der Waals surface area contributed by atoms with Crippen LogP contribution < -0.4 is 10.6 Å². The number of amides is 2. The molecule has 0 aromatic heterocycles. The van der Waals surface area contributed by atoms with Gasteiger partial charge in [-0.2, -0.15) is 0 Å². The monoisotopic (exact) mass is 256 g/mol. The highest BCUT2D eigenvalue weighted by Crippen LogP contribution is 2.29. The summed E-state index contributed by atoms with van der Waals surface area (Å²) in [5.41, 5.74) is 5.22. The summed E-state index contributed by atoms with van der Waals surface area (Å²) in [4.78, 5) is 23.9. The summed E-state index contributed by atoms with van der Waals surface area (Å²) in [6, 6.07) is 3.94. The van der Waals surface area contributed by atoms with E-state index in [-0.39, 0.29) is 24.6 Å². The zero-order valence-electron chi connectivity index (χ0n) is 8.82. The second-order valence-corrected chi connectivity index (χ2v) is 4.34. The highest BCUT2D eigenvalue weighted by molar-refractivity contribution is 6.31. The molecule has 1 aromatic rings. The van der Waals surface area contributed by atoms with Crippen LogP contribution in [0, 0.1) is 11.7 Å². The van der Waals surface area contributed by atoms with Gasteiger partial charge in [0, 0.05) is 18.0 Å². The van der Waals surface area contributed by atoms with E-state index in [1.165, 1.54) is 23.1 Å². The van der Waals surface area contributed by atoms with E-state index < -0.39 is 17.6 Å². The maximum Gasteiger partial charge on any atom is 0.227 e. The predicted molar refractivity (Wildman–Crippen MR) is 61.1 cm³/mol. The van der Waals surface area contributed by atoms with Crippen LogP contribution in [0.4, 0.5) is 10.1 Å². The Bertz CT molecular complexity index is 492. The Morgan fingerprint density at radius 3 is 2.82 bits per heavy atom. The lowest BCUT2D eigenvalue weighted by atomic mass is 10.1.